The summed E-state index contributed by atoms with van der Waals surface area (Å²) < 4.78 is 22.4. The summed E-state index contributed by atoms with van der Waals surface area (Å²) in [5, 5.41) is 0. The molecule has 2 fully saturated rings. The van der Waals surface area contributed by atoms with Gasteiger partial charge in [-0.05, 0) is 46.1 Å². The summed E-state index contributed by atoms with van der Waals surface area (Å²) in [6.45, 7) is 9.01. The maximum Gasteiger partial charge on any atom is 0.323 e. The van der Waals surface area contributed by atoms with E-state index in [1.807, 2.05) is 58.0 Å². The molecule has 1 aromatic carbocycles. The molecule has 0 aliphatic carbocycles. The molecular formula is C24H35NO6. The molecule has 31 heavy (non-hydrogen) atoms. The lowest BCUT2D eigenvalue weighted by Crippen LogP contribution is -2.49. The van der Waals surface area contributed by atoms with Gasteiger partial charge in [-0.15, -0.1) is 0 Å². The molecule has 2 aliphatic heterocycles. The molecule has 0 saturated carbocycles. The second-order valence-electron chi connectivity index (χ2n) is 9.52. The van der Waals surface area contributed by atoms with Gasteiger partial charge in [0.1, 0.15) is 11.6 Å². The highest BCUT2D eigenvalue weighted by molar-refractivity contribution is 5.78. The number of ether oxygens (including phenoxy) is 4. The van der Waals surface area contributed by atoms with Crippen molar-refractivity contribution in [1.29, 1.82) is 0 Å². The minimum Gasteiger partial charge on any atom is -0.469 e. The second-order valence-corrected chi connectivity index (χ2v) is 9.52. The first-order chi connectivity index (χ1) is 14.6. The van der Waals surface area contributed by atoms with Gasteiger partial charge in [0.2, 0.25) is 0 Å². The zero-order valence-corrected chi connectivity index (χ0v) is 19.3. The van der Waals surface area contributed by atoms with Crippen LogP contribution >= 0.6 is 0 Å². The van der Waals surface area contributed by atoms with Crippen LogP contribution in [0.5, 0.6) is 0 Å². The SMILES string of the molecule is COC(=O)C(CC1(C)OCCO1)[C@H]1CC[C@@H](C(=O)OC(C)(C)C)N1Cc1ccccc1. The Hall–Kier alpha value is -1.96. The van der Waals surface area contributed by atoms with Crippen molar-refractivity contribution in [3.8, 4) is 0 Å². The predicted molar refractivity (Wildman–Crippen MR) is 115 cm³/mol. The molecule has 2 aliphatic rings. The van der Waals surface area contributed by atoms with Crippen molar-refractivity contribution in [2.24, 2.45) is 5.92 Å². The monoisotopic (exact) mass is 433 g/mol. The summed E-state index contributed by atoms with van der Waals surface area (Å²) in [7, 11) is 1.40. The van der Waals surface area contributed by atoms with Crippen LogP contribution in [0, 0.1) is 5.92 Å². The highest BCUT2D eigenvalue weighted by Gasteiger charge is 2.48. The van der Waals surface area contributed by atoms with E-state index in [2.05, 4.69) is 4.90 Å². The Morgan fingerprint density at radius 2 is 1.81 bits per heavy atom. The zero-order valence-electron chi connectivity index (χ0n) is 19.3. The summed E-state index contributed by atoms with van der Waals surface area (Å²) in [6.07, 6.45) is 1.68. The van der Waals surface area contributed by atoms with Crippen LogP contribution in [0.15, 0.2) is 30.3 Å². The van der Waals surface area contributed by atoms with Gasteiger partial charge in [0.25, 0.3) is 0 Å². The number of benzene rings is 1. The minimum absolute atomic E-state index is 0.185. The summed E-state index contributed by atoms with van der Waals surface area (Å²) in [6, 6.07) is 9.36. The third-order valence-electron chi connectivity index (χ3n) is 5.91. The fourth-order valence-electron chi connectivity index (χ4n) is 4.57. The van der Waals surface area contributed by atoms with Gasteiger partial charge in [-0.3, -0.25) is 14.5 Å². The van der Waals surface area contributed by atoms with Gasteiger partial charge >= 0.3 is 11.9 Å². The molecule has 1 unspecified atom stereocenters. The summed E-state index contributed by atoms with van der Waals surface area (Å²) in [5.41, 5.74) is 0.500. The lowest BCUT2D eigenvalue weighted by Gasteiger charge is -2.36. The molecule has 0 radical (unpaired) electrons. The molecule has 2 saturated heterocycles. The lowest BCUT2D eigenvalue weighted by molar-refractivity contribution is -0.176. The number of carbonyl (C=O) groups excluding carboxylic acids is 2. The summed E-state index contributed by atoms with van der Waals surface area (Å²) in [4.78, 5) is 28.0. The Labute approximate surface area is 185 Å². The van der Waals surface area contributed by atoms with Crippen LogP contribution in [0.4, 0.5) is 0 Å². The first-order valence-electron chi connectivity index (χ1n) is 11.0. The van der Waals surface area contributed by atoms with E-state index in [4.69, 9.17) is 18.9 Å². The number of hydrogen-bond acceptors (Lipinski definition) is 7. The van der Waals surface area contributed by atoms with Gasteiger partial charge in [-0.2, -0.15) is 0 Å². The quantitative estimate of drug-likeness (QED) is 0.611. The number of rotatable bonds is 7. The van der Waals surface area contributed by atoms with Crippen LogP contribution in [0.1, 0.15) is 52.5 Å². The van der Waals surface area contributed by atoms with Crippen molar-refractivity contribution in [3.05, 3.63) is 35.9 Å². The fourth-order valence-corrected chi connectivity index (χ4v) is 4.57. The normalized spacial score (nSPS) is 24.7. The van der Waals surface area contributed by atoms with Crippen LogP contribution in [0.3, 0.4) is 0 Å². The maximum atomic E-state index is 13.0. The van der Waals surface area contributed by atoms with Crippen molar-refractivity contribution in [2.45, 2.75) is 77.0 Å². The molecular weight excluding hydrogens is 398 g/mol. The van der Waals surface area contributed by atoms with Gasteiger partial charge in [0.05, 0.1) is 26.2 Å². The van der Waals surface area contributed by atoms with Crippen molar-refractivity contribution < 1.29 is 28.5 Å². The van der Waals surface area contributed by atoms with E-state index in [9.17, 15) is 9.59 Å². The largest absolute Gasteiger partial charge is 0.469 e. The first-order valence-corrected chi connectivity index (χ1v) is 11.0. The Balaban J connectivity index is 1.88. The molecule has 3 atom stereocenters. The van der Waals surface area contributed by atoms with E-state index >= 15 is 0 Å². The van der Waals surface area contributed by atoms with E-state index in [0.29, 0.717) is 39.0 Å². The van der Waals surface area contributed by atoms with Gasteiger partial charge in [-0.1, -0.05) is 30.3 Å². The molecule has 0 amide bonds. The fraction of sp³-hybridized carbons (Fsp3) is 0.667. The Morgan fingerprint density at radius 1 is 1.16 bits per heavy atom. The molecule has 1 aromatic rings. The van der Waals surface area contributed by atoms with Gasteiger partial charge in [-0.25, -0.2) is 0 Å². The lowest BCUT2D eigenvalue weighted by atomic mass is 9.90. The van der Waals surface area contributed by atoms with Crippen LogP contribution in [0.25, 0.3) is 0 Å². The second kappa shape index (κ2) is 9.67. The van der Waals surface area contributed by atoms with E-state index in [1.54, 1.807) is 0 Å². The number of esters is 2. The Morgan fingerprint density at radius 3 is 2.39 bits per heavy atom. The van der Waals surface area contributed by atoms with Crippen molar-refractivity contribution in [2.75, 3.05) is 20.3 Å². The number of carbonyl (C=O) groups is 2. The molecule has 7 nitrogen and oxygen atoms in total. The predicted octanol–water partition coefficient (Wildman–Crippen LogP) is 3.30. The van der Waals surface area contributed by atoms with E-state index < -0.39 is 23.3 Å². The van der Waals surface area contributed by atoms with E-state index in [1.165, 1.54) is 7.11 Å². The highest BCUT2D eigenvalue weighted by atomic mass is 16.7. The Kier molecular flexibility index (Phi) is 7.39. The van der Waals surface area contributed by atoms with E-state index in [-0.39, 0.29) is 18.0 Å². The first kappa shape index (κ1) is 23.7. The molecule has 0 N–H and O–H groups in total. The van der Waals surface area contributed by atoms with Crippen LogP contribution in [0.2, 0.25) is 0 Å². The van der Waals surface area contributed by atoms with Crippen LogP contribution in [-0.2, 0) is 35.1 Å². The standard InChI is InChI=1S/C24H35NO6/c1-23(2,3)31-22(27)20-12-11-19(25(20)16-17-9-7-6-8-10-17)18(21(26)28-5)15-24(4)29-13-14-30-24/h6-10,18-20H,11-16H2,1-5H3/t18?,19-,20+/m1/s1. The molecule has 172 valence electrons. The minimum atomic E-state index is -0.832. The Bertz CT molecular complexity index is 753. The van der Waals surface area contributed by atoms with E-state index in [0.717, 1.165) is 5.56 Å². The van der Waals surface area contributed by atoms with Crippen LogP contribution < -0.4 is 0 Å². The third-order valence-corrected chi connectivity index (χ3v) is 5.91. The number of hydrogen-bond donors (Lipinski definition) is 0. The molecule has 2 heterocycles. The molecule has 0 spiro atoms. The van der Waals surface area contributed by atoms with Crippen molar-refractivity contribution in [1.82, 2.24) is 4.90 Å². The van der Waals surface area contributed by atoms with Gasteiger partial charge in [0.15, 0.2) is 5.79 Å². The highest BCUT2D eigenvalue weighted by Crippen LogP contribution is 2.38. The maximum absolute atomic E-state index is 13.0. The summed E-state index contributed by atoms with van der Waals surface area (Å²) >= 11 is 0. The topological polar surface area (TPSA) is 74.3 Å². The average Bonchev–Trinajstić information content (AvgIpc) is 3.32. The molecule has 7 heteroatoms. The van der Waals surface area contributed by atoms with Crippen LogP contribution in [-0.4, -0.2) is 60.6 Å². The zero-order chi connectivity index (χ0) is 22.6. The molecule has 0 bridgehead atoms. The number of likely N-dealkylation sites (tertiary alicyclic amines) is 1. The number of nitrogens with zero attached hydrogens (tertiary/aromatic N) is 1. The van der Waals surface area contributed by atoms with Crippen molar-refractivity contribution >= 4 is 11.9 Å². The third kappa shape index (κ3) is 6.05. The molecule has 0 aromatic heterocycles. The van der Waals surface area contributed by atoms with Crippen molar-refractivity contribution in [3.63, 3.8) is 0 Å². The van der Waals surface area contributed by atoms with Gasteiger partial charge in [0, 0.05) is 19.0 Å². The smallest absolute Gasteiger partial charge is 0.323 e. The van der Waals surface area contributed by atoms with Gasteiger partial charge < -0.3 is 18.9 Å². The molecule has 3 rings (SSSR count). The number of methoxy groups -OCH3 is 1. The average molecular weight is 434 g/mol. The summed E-state index contributed by atoms with van der Waals surface area (Å²) in [5.74, 6) is -1.88.